The predicted molar refractivity (Wildman–Crippen MR) is 99.5 cm³/mol. The summed E-state index contributed by atoms with van der Waals surface area (Å²) in [6, 6.07) is 7.71. The number of rotatable bonds is 4. The molecule has 0 spiro atoms. The van der Waals surface area contributed by atoms with Crippen LogP contribution in [0.25, 0.3) is 0 Å². The topological polar surface area (TPSA) is 66.8 Å². The van der Waals surface area contributed by atoms with Gasteiger partial charge in [0.15, 0.2) is 0 Å². The molecule has 2 rings (SSSR count). The third-order valence-electron chi connectivity index (χ3n) is 4.69. The second-order valence-electron chi connectivity index (χ2n) is 7.94. The SMILES string of the molecule is CC(C)(C)OC(=O)N1CC[C@H]([C@@](C)(Cc2cccc(Br)c2)C(=O)O)C1. The molecule has 1 N–H and O–H groups in total. The highest BCUT2D eigenvalue weighted by Crippen LogP contribution is 2.38. The van der Waals surface area contributed by atoms with E-state index in [1.54, 1.807) is 11.8 Å². The van der Waals surface area contributed by atoms with Crippen LogP contribution in [0.1, 0.15) is 39.7 Å². The minimum Gasteiger partial charge on any atom is -0.481 e. The first kappa shape index (κ1) is 19.8. The van der Waals surface area contributed by atoms with Crippen LogP contribution in [0.5, 0.6) is 0 Å². The van der Waals surface area contributed by atoms with Gasteiger partial charge in [-0.3, -0.25) is 4.79 Å². The lowest BCUT2D eigenvalue weighted by Crippen LogP contribution is -2.41. The summed E-state index contributed by atoms with van der Waals surface area (Å²) in [5.74, 6) is -0.944. The van der Waals surface area contributed by atoms with E-state index in [2.05, 4.69) is 15.9 Å². The van der Waals surface area contributed by atoms with E-state index in [9.17, 15) is 14.7 Å². The van der Waals surface area contributed by atoms with Gasteiger partial charge in [-0.2, -0.15) is 0 Å². The van der Waals surface area contributed by atoms with E-state index < -0.39 is 17.0 Å². The second-order valence-corrected chi connectivity index (χ2v) is 8.86. The zero-order valence-corrected chi connectivity index (χ0v) is 16.8. The smallest absolute Gasteiger partial charge is 0.410 e. The second kappa shape index (κ2) is 7.36. The van der Waals surface area contributed by atoms with E-state index in [1.165, 1.54) is 0 Å². The molecule has 0 radical (unpaired) electrons. The molecule has 0 aliphatic carbocycles. The quantitative estimate of drug-likeness (QED) is 0.799. The van der Waals surface area contributed by atoms with Crippen LogP contribution in [-0.2, 0) is 16.0 Å². The summed E-state index contributed by atoms with van der Waals surface area (Å²) in [7, 11) is 0. The minimum atomic E-state index is -0.933. The number of nitrogens with zero attached hydrogens (tertiary/aromatic N) is 1. The minimum absolute atomic E-state index is 0.114. The number of hydrogen-bond donors (Lipinski definition) is 1. The number of hydrogen-bond acceptors (Lipinski definition) is 3. The molecule has 1 fully saturated rings. The Morgan fingerprint density at radius 1 is 1.32 bits per heavy atom. The average Bonchev–Trinajstić information content (AvgIpc) is 2.95. The maximum absolute atomic E-state index is 12.3. The van der Waals surface area contributed by atoms with Crippen LogP contribution in [-0.4, -0.2) is 40.8 Å². The lowest BCUT2D eigenvalue weighted by molar-refractivity contribution is -0.151. The molecule has 0 saturated carbocycles. The van der Waals surface area contributed by atoms with E-state index >= 15 is 0 Å². The van der Waals surface area contributed by atoms with Crippen molar-refractivity contribution in [3.05, 3.63) is 34.3 Å². The van der Waals surface area contributed by atoms with E-state index in [0.29, 0.717) is 25.9 Å². The molecule has 0 aromatic heterocycles. The summed E-state index contributed by atoms with van der Waals surface area (Å²) >= 11 is 3.43. The number of halogens is 1. The first-order valence-corrected chi connectivity index (χ1v) is 9.26. The Hall–Kier alpha value is -1.56. The summed E-state index contributed by atoms with van der Waals surface area (Å²) in [5.41, 5.74) is -0.519. The van der Waals surface area contributed by atoms with Gasteiger partial charge in [0.2, 0.25) is 0 Å². The fourth-order valence-electron chi connectivity index (χ4n) is 3.24. The molecular formula is C19H26BrNO4. The van der Waals surface area contributed by atoms with Crippen molar-refractivity contribution in [2.24, 2.45) is 11.3 Å². The molecule has 1 aromatic carbocycles. The van der Waals surface area contributed by atoms with Crippen molar-refractivity contribution in [3.8, 4) is 0 Å². The number of benzene rings is 1. The largest absolute Gasteiger partial charge is 0.481 e. The van der Waals surface area contributed by atoms with Crippen LogP contribution >= 0.6 is 15.9 Å². The van der Waals surface area contributed by atoms with Gasteiger partial charge in [-0.1, -0.05) is 28.1 Å². The Labute approximate surface area is 157 Å². The zero-order chi connectivity index (χ0) is 18.8. The number of aliphatic carboxylic acids is 1. The van der Waals surface area contributed by atoms with Gasteiger partial charge in [-0.15, -0.1) is 0 Å². The normalized spacial score (nSPS) is 20.2. The maximum Gasteiger partial charge on any atom is 0.410 e. The van der Waals surface area contributed by atoms with Gasteiger partial charge in [-0.25, -0.2) is 4.79 Å². The lowest BCUT2D eigenvalue weighted by Gasteiger charge is -2.32. The molecule has 2 atom stereocenters. The van der Waals surface area contributed by atoms with Crippen LogP contribution in [0.15, 0.2) is 28.7 Å². The molecule has 6 heteroatoms. The van der Waals surface area contributed by atoms with E-state index in [4.69, 9.17) is 4.74 Å². The van der Waals surface area contributed by atoms with Gasteiger partial charge in [0, 0.05) is 17.6 Å². The number of ether oxygens (including phenoxy) is 1. The van der Waals surface area contributed by atoms with Gasteiger partial charge in [-0.05, 0) is 64.2 Å². The van der Waals surface area contributed by atoms with Crippen molar-refractivity contribution in [1.29, 1.82) is 0 Å². The van der Waals surface area contributed by atoms with Crippen LogP contribution < -0.4 is 0 Å². The zero-order valence-electron chi connectivity index (χ0n) is 15.2. The fourth-order valence-corrected chi connectivity index (χ4v) is 3.68. The summed E-state index contributed by atoms with van der Waals surface area (Å²) in [6.45, 7) is 8.19. The van der Waals surface area contributed by atoms with Crippen molar-refractivity contribution in [2.45, 2.75) is 46.1 Å². The number of amides is 1. The first-order valence-electron chi connectivity index (χ1n) is 8.47. The third-order valence-corrected chi connectivity index (χ3v) is 5.18. The number of carboxylic acids is 1. The maximum atomic E-state index is 12.3. The Kier molecular flexibility index (Phi) is 5.82. The van der Waals surface area contributed by atoms with E-state index in [0.717, 1.165) is 10.0 Å². The Morgan fingerprint density at radius 3 is 2.56 bits per heavy atom. The average molecular weight is 412 g/mol. The van der Waals surface area contributed by atoms with Gasteiger partial charge in [0.1, 0.15) is 5.60 Å². The number of carboxylic acid groups (broad SMARTS) is 1. The molecular weight excluding hydrogens is 386 g/mol. The first-order chi connectivity index (χ1) is 11.5. The van der Waals surface area contributed by atoms with Crippen LogP contribution in [0.3, 0.4) is 0 Å². The summed E-state index contributed by atoms with van der Waals surface area (Å²) in [4.78, 5) is 25.9. The number of likely N-dealkylation sites (tertiary alicyclic amines) is 1. The molecule has 0 bridgehead atoms. The molecule has 1 aliphatic rings. The Balaban J connectivity index is 2.13. The van der Waals surface area contributed by atoms with Crippen molar-refractivity contribution < 1.29 is 19.4 Å². The van der Waals surface area contributed by atoms with Crippen LogP contribution in [0.2, 0.25) is 0 Å². The van der Waals surface area contributed by atoms with Crippen molar-refractivity contribution >= 4 is 28.0 Å². The highest BCUT2D eigenvalue weighted by Gasteiger charge is 2.46. The van der Waals surface area contributed by atoms with Gasteiger partial charge in [0.25, 0.3) is 0 Å². The number of carbonyl (C=O) groups excluding carboxylic acids is 1. The molecule has 1 amide bonds. The Bertz CT molecular complexity index is 655. The van der Waals surface area contributed by atoms with Gasteiger partial charge in [0.05, 0.1) is 5.41 Å². The van der Waals surface area contributed by atoms with Crippen LogP contribution in [0, 0.1) is 11.3 Å². The molecule has 1 saturated heterocycles. The van der Waals surface area contributed by atoms with E-state index in [-0.39, 0.29) is 12.0 Å². The van der Waals surface area contributed by atoms with E-state index in [1.807, 2.05) is 45.0 Å². The standard InChI is InChI=1S/C19H26BrNO4/c1-18(2,3)25-17(24)21-9-8-14(12-21)19(4,16(22)23)11-13-6-5-7-15(20)10-13/h5-7,10,14H,8-9,11-12H2,1-4H3,(H,22,23)/t14-,19+/m0/s1. The lowest BCUT2D eigenvalue weighted by atomic mass is 9.72. The molecule has 138 valence electrons. The molecule has 5 nitrogen and oxygen atoms in total. The molecule has 0 unspecified atom stereocenters. The third kappa shape index (κ3) is 4.97. The van der Waals surface area contributed by atoms with Gasteiger partial charge < -0.3 is 14.7 Å². The van der Waals surface area contributed by atoms with Crippen molar-refractivity contribution in [3.63, 3.8) is 0 Å². The highest BCUT2D eigenvalue weighted by atomic mass is 79.9. The molecule has 1 aliphatic heterocycles. The van der Waals surface area contributed by atoms with Crippen molar-refractivity contribution in [1.82, 2.24) is 4.90 Å². The fraction of sp³-hybridized carbons (Fsp3) is 0.579. The van der Waals surface area contributed by atoms with Gasteiger partial charge >= 0.3 is 12.1 Å². The summed E-state index contributed by atoms with van der Waals surface area (Å²) in [6.07, 6.45) is 0.718. The van der Waals surface area contributed by atoms with Crippen molar-refractivity contribution in [2.75, 3.05) is 13.1 Å². The highest BCUT2D eigenvalue weighted by molar-refractivity contribution is 9.10. The number of carbonyl (C=O) groups is 2. The monoisotopic (exact) mass is 411 g/mol. The molecule has 25 heavy (non-hydrogen) atoms. The molecule has 1 aromatic rings. The predicted octanol–water partition coefficient (Wildman–Crippen LogP) is 4.34. The Morgan fingerprint density at radius 2 is 2.00 bits per heavy atom. The van der Waals surface area contributed by atoms with Crippen LogP contribution in [0.4, 0.5) is 4.79 Å². The summed E-state index contributed by atoms with van der Waals surface area (Å²) in [5, 5.41) is 9.89. The molecule has 1 heterocycles. The summed E-state index contributed by atoms with van der Waals surface area (Å²) < 4.78 is 6.34.